The van der Waals surface area contributed by atoms with E-state index in [1.807, 2.05) is 0 Å². The molecule has 0 spiro atoms. The van der Waals surface area contributed by atoms with Crippen LogP contribution in [0.15, 0.2) is 42.5 Å². The summed E-state index contributed by atoms with van der Waals surface area (Å²) in [6.07, 6.45) is 3.52. The van der Waals surface area contributed by atoms with E-state index < -0.39 is 0 Å². The molecule has 0 aromatic heterocycles. The number of nitrogens with one attached hydrogen (secondary N) is 1. The first-order valence-electron chi connectivity index (χ1n) is 8.63. The number of para-hydroxylation sites is 3. The first-order chi connectivity index (χ1) is 11.2. The van der Waals surface area contributed by atoms with Gasteiger partial charge in [-0.3, -0.25) is 0 Å². The van der Waals surface area contributed by atoms with Gasteiger partial charge in [-0.15, -0.1) is 0 Å². The third kappa shape index (κ3) is 2.59. The van der Waals surface area contributed by atoms with Crippen LogP contribution in [-0.4, -0.2) is 32.1 Å². The summed E-state index contributed by atoms with van der Waals surface area (Å²) in [4.78, 5) is 4.78. The highest BCUT2D eigenvalue weighted by molar-refractivity contribution is 5.84. The van der Waals surface area contributed by atoms with Crippen LogP contribution >= 0.6 is 0 Å². The molecule has 2 aromatic rings. The number of hydrogen-bond acceptors (Lipinski definition) is 3. The molecule has 0 aliphatic carbocycles. The van der Waals surface area contributed by atoms with Crippen molar-refractivity contribution in [3.05, 3.63) is 53.6 Å². The molecule has 23 heavy (non-hydrogen) atoms. The van der Waals surface area contributed by atoms with Crippen LogP contribution in [0.2, 0.25) is 0 Å². The predicted molar refractivity (Wildman–Crippen MR) is 97.7 cm³/mol. The molecule has 0 bridgehead atoms. The van der Waals surface area contributed by atoms with Crippen molar-refractivity contribution in [2.24, 2.45) is 0 Å². The Bertz CT molecular complexity index is 708. The van der Waals surface area contributed by atoms with E-state index in [1.165, 1.54) is 34.6 Å². The van der Waals surface area contributed by atoms with Gasteiger partial charge in [-0.1, -0.05) is 30.3 Å². The Morgan fingerprint density at radius 2 is 2.00 bits per heavy atom. The van der Waals surface area contributed by atoms with Gasteiger partial charge < -0.3 is 15.1 Å². The molecular weight excluding hydrogens is 282 g/mol. The maximum atomic E-state index is 3.82. The summed E-state index contributed by atoms with van der Waals surface area (Å²) >= 11 is 0. The molecule has 1 unspecified atom stereocenters. The first-order valence-corrected chi connectivity index (χ1v) is 8.63. The molecule has 3 nitrogen and oxygen atoms in total. The van der Waals surface area contributed by atoms with Crippen LogP contribution < -0.4 is 10.2 Å². The largest absolute Gasteiger partial charge is 0.376 e. The fourth-order valence-electron chi connectivity index (χ4n) is 3.94. The molecule has 2 aliphatic heterocycles. The normalized spacial score (nSPS) is 18.4. The van der Waals surface area contributed by atoms with Gasteiger partial charge in [0.15, 0.2) is 0 Å². The van der Waals surface area contributed by atoms with Crippen molar-refractivity contribution in [3.63, 3.8) is 0 Å². The summed E-state index contributed by atoms with van der Waals surface area (Å²) < 4.78 is 0. The molecule has 120 valence electrons. The Balaban J connectivity index is 1.74. The van der Waals surface area contributed by atoms with Crippen molar-refractivity contribution >= 4 is 17.1 Å². The number of anilines is 3. The van der Waals surface area contributed by atoms with Gasteiger partial charge in [0, 0.05) is 12.2 Å². The van der Waals surface area contributed by atoms with E-state index in [2.05, 4.69) is 71.7 Å². The van der Waals surface area contributed by atoms with Gasteiger partial charge in [0.05, 0.1) is 17.4 Å². The summed E-state index contributed by atoms with van der Waals surface area (Å²) in [6.45, 7) is 2.23. The lowest BCUT2D eigenvalue weighted by Crippen LogP contribution is -2.16. The molecular formula is C20H25N3. The van der Waals surface area contributed by atoms with Crippen LogP contribution in [0.25, 0.3) is 0 Å². The minimum Gasteiger partial charge on any atom is -0.376 e. The Kier molecular flexibility index (Phi) is 3.74. The van der Waals surface area contributed by atoms with E-state index in [0.717, 1.165) is 25.9 Å². The van der Waals surface area contributed by atoms with E-state index >= 15 is 0 Å². The second kappa shape index (κ2) is 5.89. The second-order valence-corrected chi connectivity index (χ2v) is 6.92. The van der Waals surface area contributed by atoms with Crippen molar-refractivity contribution in [1.82, 2.24) is 4.90 Å². The second-order valence-electron chi connectivity index (χ2n) is 6.92. The SMILES string of the molecule is CN(C)CCCC1Nc2ccccc2N2CCc3cccc1c32. The molecule has 0 radical (unpaired) electrons. The van der Waals surface area contributed by atoms with Crippen molar-refractivity contribution in [1.29, 1.82) is 0 Å². The Hall–Kier alpha value is -2.00. The average Bonchev–Trinajstić information content (AvgIpc) is 2.92. The van der Waals surface area contributed by atoms with Gasteiger partial charge in [-0.2, -0.15) is 0 Å². The summed E-state index contributed by atoms with van der Waals surface area (Å²) in [5.41, 5.74) is 7.02. The molecule has 0 fully saturated rings. The highest BCUT2D eigenvalue weighted by atomic mass is 15.2. The molecule has 2 aromatic carbocycles. The predicted octanol–water partition coefficient (Wildman–Crippen LogP) is 4.19. The van der Waals surface area contributed by atoms with Crippen molar-refractivity contribution < 1.29 is 0 Å². The number of hydrogen-bond donors (Lipinski definition) is 1. The van der Waals surface area contributed by atoms with Crippen molar-refractivity contribution in [2.75, 3.05) is 37.4 Å². The molecule has 1 atom stereocenters. The lowest BCUT2D eigenvalue weighted by molar-refractivity contribution is 0.388. The highest BCUT2D eigenvalue weighted by Gasteiger charge is 2.31. The van der Waals surface area contributed by atoms with Crippen LogP contribution in [0.3, 0.4) is 0 Å². The van der Waals surface area contributed by atoms with E-state index in [-0.39, 0.29) is 0 Å². The van der Waals surface area contributed by atoms with Crippen LogP contribution in [0.4, 0.5) is 17.1 Å². The van der Waals surface area contributed by atoms with Crippen LogP contribution in [0.1, 0.15) is 30.0 Å². The quantitative estimate of drug-likeness (QED) is 0.914. The smallest absolute Gasteiger partial charge is 0.0646 e. The topological polar surface area (TPSA) is 18.5 Å². The van der Waals surface area contributed by atoms with Crippen LogP contribution in [0.5, 0.6) is 0 Å². The molecule has 0 saturated heterocycles. The zero-order chi connectivity index (χ0) is 15.8. The van der Waals surface area contributed by atoms with Crippen molar-refractivity contribution in [3.8, 4) is 0 Å². The summed E-state index contributed by atoms with van der Waals surface area (Å²) in [5.74, 6) is 0. The van der Waals surface area contributed by atoms with Crippen LogP contribution in [0, 0.1) is 0 Å². The Morgan fingerprint density at radius 3 is 2.87 bits per heavy atom. The standard InChI is InChI=1S/C20H25N3/c1-22(2)13-6-10-17-16-8-5-7-15-12-14-23(20(15)16)19-11-4-3-9-18(19)21-17/h3-5,7-9,11,17,21H,6,10,12-14H2,1-2H3. The molecule has 2 aliphatic rings. The van der Waals surface area contributed by atoms with Crippen LogP contribution in [-0.2, 0) is 6.42 Å². The third-order valence-electron chi connectivity index (χ3n) is 5.02. The molecule has 2 heterocycles. The van der Waals surface area contributed by atoms with Gasteiger partial charge in [-0.05, 0) is 63.2 Å². The Labute approximate surface area is 138 Å². The lowest BCUT2D eigenvalue weighted by atomic mass is 9.97. The first kappa shape index (κ1) is 14.6. The number of fused-ring (bicyclic) bond motifs is 2. The fraction of sp³-hybridized carbons (Fsp3) is 0.400. The van der Waals surface area contributed by atoms with E-state index in [0.29, 0.717) is 6.04 Å². The molecule has 1 N–H and O–H groups in total. The summed E-state index contributed by atoms with van der Waals surface area (Å²) in [7, 11) is 4.30. The molecule has 4 rings (SSSR count). The van der Waals surface area contributed by atoms with E-state index in [4.69, 9.17) is 0 Å². The van der Waals surface area contributed by atoms with Crippen molar-refractivity contribution in [2.45, 2.75) is 25.3 Å². The number of nitrogens with zero attached hydrogens (tertiary/aromatic N) is 2. The Morgan fingerprint density at radius 1 is 1.13 bits per heavy atom. The minimum atomic E-state index is 0.397. The average molecular weight is 307 g/mol. The number of benzene rings is 2. The number of rotatable bonds is 4. The van der Waals surface area contributed by atoms with Gasteiger partial charge in [0.1, 0.15) is 0 Å². The van der Waals surface area contributed by atoms with Gasteiger partial charge in [-0.25, -0.2) is 0 Å². The third-order valence-corrected chi connectivity index (χ3v) is 5.02. The fourth-order valence-corrected chi connectivity index (χ4v) is 3.94. The zero-order valence-corrected chi connectivity index (χ0v) is 14.0. The maximum Gasteiger partial charge on any atom is 0.0646 e. The highest BCUT2D eigenvalue weighted by Crippen LogP contribution is 2.47. The van der Waals surface area contributed by atoms with Gasteiger partial charge in [0.25, 0.3) is 0 Å². The van der Waals surface area contributed by atoms with E-state index in [1.54, 1.807) is 0 Å². The molecule has 0 amide bonds. The summed E-state index contributed by atoms with van der Waals surface area (Å²) in [6, 6.07) is 16.0. The monoisotopic (exact) mass is 307 g/mol. The zero-order valence-electron chi connectivity index (χ0n) is 14.0. The molecule has 0 saturated carbocycles. The minimum absolute atomic E-state index is 0.397. The van der Waals surface area contributed by atoms with E-state index in [9.17, 15) is 0 Å². The van der Waals surface area contributed by atoms with Gasteiger partial charge >= 0.3 is 0 Å². The molecule has 3 heteroatoms. The lowest BCUT2D eigenvalue weighted by Gasteiger charge is -2.22. The summed E-state index contributed by atoms with van der Waals surface area (Å²) in [5, 5.41) is 3.82. The maximum absolute atomic E-state index is 3.82. The van der Waals surface area contributed by atoms with Gasteiger partial charge in [0.2, 0.25) is 0 Å².